The summed E-state index contributed by atoms with van der Waals surface area (Å²) in [6.45, 7) is 1.57. The summed E-state index contributed by atoms with van der Waals surface area (Å²) in [6, 6.07) is 3.75. The van der Waals surface area contributed by atoms with Crippen LogP contribution in [-0.4, -0.2) is 15.5 Å². The number of halogens is 3. The van der Waals surface area contributed by atoms with Gasteiger partial charge in [-0.3, -0.25) is 14.9 Å². The molecule has 3 rings (SSSR count). The number of rotatable bonds is 3. The Hall–Kier alpha value is -2.94. The number of nitrogens with zero attached hydrogens (tertiary/aromatic N) is 2. The van der Waals surface area contributed by atoms with E-state index in [0.717, 1.165) is 17.4 Å². The van der Waals surface area contributed by atoms with Crippen LogP contribution >= 0.6 is 11.3 Å². The maximum atomic E-state index is 14.0. The topological polar surface area (TPSA) is 64.0 Å². The number of pyridine rings is 1. The maximum Gasteiger partial charge on any atom is 0.257 e. The van der Waals surface area contributed by atoms with Gasteiger partial charge in [-0.05, 0) is 13.0 Å². The fraction of sp³-hybridized carbons (Fsp3) is 0.118. The maximum absolute atomic E-state index is 14.0. The molecule has 0 saturated heterocycles. The molecule has 1 aromatic carbocycles. The Labute approximate surface area is 149 Å². The zero-order valence-electron chi connectivity index (χ0n) is 13.6. The second-order valence-electron chi connectivity index (χ2n) is 5.49. The van der Waals surface area contributed by atoms with E-state index in [9.17, 15) is 22.8 Å². The van der Waals surface area contributed by atoms with Crippen molar-refractivity contribution in [2.45, 2.75) is 6.92 Å². The molecule has 0 aliphatic rings. The van der Waals surface area contributed by atoms with Crippen molar-refractivity contribution in [3.05, 3.63) is 68.7 Å². The summed E-state index contributed by atoms with van der Waals surface area (Å²) in [4.78, 5) is 28.3. The van der Waals surface area contributed by atoms with Crippen LogP contribution in [0.4, 0.5) is 18.3 Å². The SMILES string of the molecule is Cc1sc(NC(=O)c2ccn(C)c(=O)c2)nc1-c1c(F)cc(F)cc1F. The van der Waals surface area contributed by atoms with Crippen LogP contribution in [0.2, 0.25) is 0 Å². The summed E-state index contributed by atoms with van der Waals surface area (Å²) in [6.07, 6.45) is 1.44. The average molecular weight is 379 g/mol. The van der Waals surface area contributed by atoms with Gasteiger partial charge in [0.1, 0.15) is 17.5 Å². The van der Waals surface area contributed by atoms with Crippen molar-refractivity contribution in [3.8, 4) is 11.3 Å². The van der Waals surface area contributed by atoms with Gasteiger partial charge in [-0.25, -0.2) is 18.2 Å². The average Bonchev–Trinajstić information content (AvgIpc) is 2.89. The molecule has 26 heavy (non-hydrogen) atoms. The fourth-order valence-electron chi connectivity index (χ4n) is 2.31. The summed E-state index contributed by atoms with van der Waals surface area (Å²) < 4.78 is 42.3. The van der Waals surface area contributed by atoms with E-state index in [1.165, 1.54) is 16.8 Å². The summed E-state index contributed by atoms with van der Waals surface area (Å²) >= 11 is 1.01. The van der Waals surface area contributed by atoms with Crippen molar-refractivity contribution in [2.75, 3.05) is 5.32 Å². The van der Waals surface area contributed by atoms with E-state index >= 15 is 0 Å². The Morgan fingerprint density at radius 2 is 1.85 bits per heavy atom. The largest absolute Gasteiger partial charge is 0.319 e. The zero-order chi connectivity index (χ0) is 19.0. The lowest BCUT2D eigenvalue weighted by atomic mass is 10.1. The first kappa shape index (κ1) is 17.9. The normalized spacial score (nSPS) is 10.8. The van der Waals surface area contributed by atoms with Crippen molar-refractivity contribution in [2.24, 2.45) is 7.05 Å². The van der Waals surface area contributed by atoms with E-state index in [0.29, 0.717) is 17.0 Å². The molecule has 2 heterocycles. The molecule has 0 aliphatic carbocycles. The van der Waals surface area contributed by atoms with Gasteiger partial charge in [0.2, 0.25) is 0 Å². The van der Waals surface area contributed by atoms with Crippen molar-refractivity contribution in [3.63, 3.8) is 0 Å². The van der Waals surface area contributed by atoms with E-state index in [4.69, 9.17) is 0 Å². The van der Waals surface area contributed by atoms with Gasteiger partial charge in [-0.15, -0.1) is 11.3 Å². The number of nitrogens with one attached hydrogen (secondary N) is 1. The number of benzene rings is 1. The van der Waals surface area contributed by atoms with Gasteiger partial charge in [0.05, 0.1) is 11.3 Å². The highest BCUT2D eigenvalue weighted by Crippen LogP contribution is 2.34. The van der Waals surface area contributed by atoms with Gasteiger partial charge < -0.3 is 4.57 Å². The minimum Gasteiger partial charge on any atom is -0.319 e. The predicted octanol–water partition coefficient (Wildman–Crippen LogP) is 3.49. The molecule has 0 spiro atoms. The van der Waals surface area contributed by atoms with Crippen LogP contribution in [0.5, 0.6) is 0 Å². The molecule has 0 aliphatic heterocycles. The minimum atomic E-state index is -1.08. The highest BCUT2D eigenvalue weighted by Gasteiger charge is 2.20. The smallest absolute Gasteiger partial charge is 0.257 e. The number of amides is 1. The van der Waals surface area contributed by atoms with Crippen LogP contribution in [0.25, 0.3) is 11.3 Å². The highest BCUT2D eigenvalue weighted by molar-refractivity contribution is 7.16. The summed E-state index contributed by atoms with van der Waals surface area (Å²) in [7, 11) is 1.55. The van der Waals surface area contributed by atoms with Crippen LogP contribution < -0.4 is 10.9 Å². The van der Waals surface area contributed by atoms with Crippen LogP contribution in [-0.2, 0) is 7.05 Å². The van der Waals surface area contributed by atoms with E-state index in [1.807, 2.05) is 0 Å². The number of hydrogen-bond acceptors (Lipinski definition) is 4. The van der Waals surface area contributed by atoms with E-state index in [2.05, 4.69) is 10.3 Å². The number of thiazole rings is 1. The summed E-state index contributed by atoms with van der Waals surface area (Å²) in [5.41, 5.74) is -0.718. The number of anilines is 1. The molecule has 9 heteroatoms. The molecule has 0 saturated carbocycles. The van der Waals surface area contributed by atoms with E-state index in [-0.39, 0.29) is 21.9 Å². The van der Waals surface area contributed by atoms with Gasteiger partial charge in [0.15, 0.2) is 5.13 Å². The quantitative estimate of drug-likeness (QED) is 0.758. The van der Waals surface area contributed by atoms with Gasteiger partial charge >= 0.3 is 0 Å². The molecular weight excluding hydrogens is 367 g/mol. The van der Waals surface area contributed by atoms with Gasteiger partial charge in [-0.2, -0.15) is 0 Å². The van der Waals surface area contributed by atoms with Crippen LogP contribution in [0.3, 0.4) is 0 Å². The minimum absolute atomic E-state index is 0.0238. The molecular formula is C17H12F3N3O2S. The Kier molecular flexibility index (Phi) is 4.64. The van der Waals surface area contributed by atoms with Gasteiger partial charge in [0.25, 0.3) is 11.5 Å². The lowest BCUT2D eigenvalue weighted by Crippen LogP contribution is -2.19. The Bertz CT molecular complexity index is 1050. The first-order valence-corrected chi connectivity index (χ1v) is 8.18. The van der Waals surface area contributed by atoms with Crippen molar-refractivity contribution in [1.29, 1.82) is 0 Å². The Balaban J connectivity index is 1.93. The number of aromatic nitrogens is 2. The van der Waals surface area contributed by atoms with Crippen molar-refractivity contribution >= 4 is 22.4 Å². The van der Waals surface area contributed by atoms with E-state index in [1.54, 1.807) is 14.0 Å². The molecule has 1 N–H and O–H groups in total. The highest BCUT2D eigenvalue weighted by atomic mass is 32.1. The third-order valence-corrected chi connectivity index (χ3v) is 4.51. The van der Waals surface area contributed by atoms with Crippen LogP contribution in [0.1, 0.15) is 15.2 Å². The first-order valence-electron chi connectivity index (χ1n) is 7.36. The molecule has 0 bridgehead atoms. The molecule has 0 unspecified atom stereocenters. The molecule has 0 atom stereocenters. The van der Waals surface area contributed by atoms with Crippen molar-refractivity contribution < 1.29 is 18.0 Å². The number of carbonyl (C=O) groups excluding carboxylic acids is 1. The molecule has 3 aromatic rings. The van der Waals surface area contributed by atoms with Gasteiger partial charge in [-0.1, -0.05) is 0 Å². The predicted molar refractivity (Wildman–Crippen MR) is 91.8 cm³/mol. The summed E-state index contributed by atoms with van der Waals surface area (Å²) in [5.74, 6) is -3.78. The molecule has 1 amide bonds. The van der Waals surface area contributed by atoms with Crippen LogP contribution in [0.15, 0.2) is 35.3 Å². The van der Waals surface area contributed by atoms with E-state index < -0.39 is 28.9 Å². The standard InChI is InChI=1S/C17H12F3N3O2S/c1-8-15(14-11(19)6-10(18)7-12(14)20)21-17(26-8)22-16(25)9-3-4-23(2)13(24)5-9/h3-7H,1-2H3,(H,21,22,25). The van der Waals surface area contributed by atoms with Gasteiger partial charge in [0, 0.05) is 41.9 Å². The second-order valence-corrected chi connectivity index (χ2v) is 6.69. The summed E-state index contributed by atoms with van der Waals surface area (Å²) in [5, 5.41) is 2.59. The molecule has 0 fully saturated rings. The third kappa shape index (κ3) is 3.38. The number of hydrogen-bond donors (Lipinski definition) is 1. The second kappa shape index (κ2) is 6.75. The van der Waals surface area contributed by atoms with Crippen LogP contribution in [0, 0.1) is 24.4 Å². The Morgan fingerprint density at radius 3 is 2.46 bits per heavy atom. The number of carbonyl (C=O) groups is 1. The molecule has 5 nitrogen and oxygen atoms in total. The van der Waals surface area contributed by atoms with Crippen molar-refractivity contribution in [1.82, 2.24) is 9.55 Å². The molecule has 0 radical (unpaired) electrons. The first-order chi connectivity index (χ1) is 12.3. The third-order valence-electron chi connectivity index (χ3n) is 3.63. The number of aryl methyl sites for hydroxylation is 2. The monoisotopic (exact) mass is 379 g/mol. The lowest BCUT2D eigenvalue weighted by Gasteiger charge is -2.04. The lowest BCUT2D eigenvalue weighted by molar-refractivity contribution is 0.102. The fourth-order valence-corrected chi connectivity index (χ4v) is 3.12. The Morgan fingerprint density at radius 1 is 1.19 bits per heavy atom. The molecule has 134 valence electrons. The zero-order valence-corrected chi connectivity index (χ0v) is 14.5. The molecule has 2 aromatic heterocycles.